The quantitative estimate of drug-likeness (QED) is 0.162. The molecule has 0 aromatic heterocycles. The van der Waals surface area contributed by atoms with Gasteiger partial charge >= 0.3 is 0 Å². The Balaban J connectivity index is 2.11. The summed E-state index contributed by atoms with van der Waals surface area (Å²) in [5.74, 6) is 2.72. The number of hydrogen-bond acceptors (Lipinski definition) is 6. The number of unbranched alkanes of at least 4 members (excludes halogenated alkanes) is 8. The van der Waals surface area contributed by atoms with Gasteiger partial charge in [-0.1, -0.05) is 44.9 Å². The zero-order chi connectivity index (χ0) is 19.0. The summed E-state index contributed by atoms with van der Waals surface area (Å²) in [6.45, 7) is 4.95. The second-order valence-corrected chi connectivity index (χ2v) is 8.28. The highest BCUT2D eigenvalue weighted by Gasteiger charge is 2.08. The Morgan fingerprint density at radius 1 is 1.04 bits per heavy atom. The Morgan fingerprint density at radius 3 is 2.23 bits per heavy atom. The van der Waals surface area contributed by atoms with Crippen LogP contribution in [0.2, 0.25) is 0 Å². The molecule has 1 heterocycles. The topological polar surface area (TPSA) is 30.5 Å². The molecule has 26 heavy (non-hydrogen) atoms. The zero-order valence-corrected chi connectivity index (χ0v) is 18.9. The fraction of sp³-hybridized carbons (Fsp3) is 0.700. The van der Waals surface area contributed by atoms with E-state index in [-0.39, 0.29) is 0 Å². The monoisotopic (exact) mass is 417 g/mol. The minimum absolute atomic E-state index is 0.793. The van der Waals surface area contributed by atoms with Crippen molar-refractivity contribution in [3.8, 4) is 0 Å². The van der Waals surface area contributed by atoms with Crippen molar-refractivity contribution in [2.24, 2.45) is 0 Å². The van der Waals surface area contributed by atoms with Gasteiger partial charge < -0.3 is 13.7 Å². The second kappa shape index (κ2) is 15.7. The van der Waals surface area contributed by atoms with Crippen LogP contribution >= 0.6 is 37.6 Å². The Hall–Kier alpha value is -0.330. The Labute approximate surface area is 175 Å². The van der Waals surface area contributed by atoms with Crippen molar-refractivity contribution >= 4 is 37.6 Å². The summed E-state index contributed by atoms with van der Waals surface area (Å²) >= 11 is 9.77. The van der Waals surface area contributed by atoms with Gasteiger partial charge in [0.2, 0.25) is 0 Å². The van der Waals surface area contributed by atoms with E-state index in [4.69, 9.17) is 8.37 Å². The van der Waals surface area contributed by atoms with Gasteiger partial charge in [0.15, 0.2) is 0 Å². The lowest BCUT2D eigenvalue weighted by atomic mass is 10.1. The molecule has 0 amide bonds. The van der Waals surface area contributed by atoms with E-state index < -0.39 is 0 Å². The van der Waals surface area contributed by atoms with Gasteiger partial charge in [-0.2, -0.15) is 12.6 Å². The summed E-state index contributed by atoms with van der Waals surface area (Å²) in [4.78, 5) is 1.03. The van der Waals surface area contributed by atoms with Crippen molar-refractivity contribution in [3.63, 3.8) is 0 Å². The molecule has 0 unspecified atom stereocenters. The van der Waals surface area contributed by atoms with E-state index in [1.807, 2.05) is 19.9 Å². The minimum atomic E-state index is 0.793. The Bertz CT molecular complexity index is 472. The molecular weight excluding hydrogens is 382 g/mol. The number of nitrogens with one attached hydrogen (secondary N) is 1. The van der Waals surface area contributed by atoms with Crippen molar-refractivity contribution in [2.75, 3.05) is 12.3 Å². The van der Waals surface area contributed by atoms with Crippen LogP contribution in [-0.4, -0.2) is 12.3 Å². The molecule has 0 bridgehead atoms. The highest BCUT2D eigenvalue weighted by Crippen LogP contribution is 2.25. The molecule has 0 saturated heterocycles. The van der Waals surface area contributed by atoms with E-state index in [0.717, 1.165) is 53.2 Å². The molecule has 0 spiro atoms. The normalized spacial score (nSPS) is 16.6. The summed E-state index contributed by atoms with van der Waals surface area (Å²) in [5, 5.41) is 3.53. The highest BCUT2D eigenvalue weighted by molar-refractivity contribution is 7.90. The molecule has 1 rings (SSSR count). The molecule has 150 valence electrons. The molecule has 0 aliphatic carbocycles. The SMILES string of the molecule is CC1=C/C(=C/C/C(NCCCCCCCCCCCS)=C(\C)S)OSO1. The van der Waals surface area contributed by atoms with Crippen LogP contribution in [0.15, 0.2) is 34.3 Å². The first-order valence-electron chi connectivity index (χ1n) is 9.76. The van der Waals surface area contributed by atoms with Gasteiger partial charge in [0.05, 0.1) is 0 Å². The van der Waals surface area contributed by atoms with E-state index in [0.29, 0.717) is 0 Å². The third-order valence-electron chi connectivity index (χ3n) is 4.26. The standard InChI is InChI=1S/C20H35NO2S3/c1-17-16-19(23-26-22-17)12-13-20(18(2)25)21-14-10-8-6-4-3-5-7-9-11-15-24/h12,16,21,24-25H,3-11,13-15H2,1-2H3/b19-12-,20-18-. The lowest BCUT2D eigenvalue weighted by molar-refractivity contribution is 0.380. The van der Waals surface area contributed by atoms with Gasteiger partial charge in [-0.15, -0.1) is 12.6 Å². The van der Waals surface area contributed by atoms with Crippen LogP contribution in [0.5, 0.6) is 0 Å². The molecule has 1 N–H and O–H groups in total. The van der Waals surface area contributed by atoms with Crippen LogP contribution in [0, 0.1) is 0 Å². The number of thiol groups is 2. The van der Waals surface area contributed by atoms with Crippen molar-refractivity contribution in [3.05, 3.63) is 34.3 Å². The van der Waals surface area contributed by atoms with Crippen LogP contribution in [0.3, 0.4) is 0 Å². The van der Waals surface area contributed by atoms with Gasteiger partial charge in [-0.3, -0.25) is 0 Å². The molecule has 0 radical (unpaired) electrons. The summed E-state index contributed by atoms with van der Waals surface area (Å²) in [5.41, 5.74) is 1.16. The van der Waals surface area contributed by atoms with Gasteiger partial charge in [0.25, 0.3) is 12.3 Å². The summed E-state index contributed by atoms with van der Waals surface area (Å²) < 4.78 is 10.6. The van der Waals surface area contributed by atoms with E-state index >= 15 is 0 Å². The van der Waals surface area contributed by atoms with Crippen LogP contribution < -0.4 is 5.32 Å². The molecule has 3 nitrogen and oxygen atoms in total. The van der Waals surface area contributed by atoms with E-state index in [2.05, 4.69) is 36.7 Å². The Morgan fingerprint density at radius 2 is 1.65 bits per heavy atom. The maximum atomic E-state index is 5.39. The largest absolute Gasteiger partial charge is 0.396 e. The van der Waals surface area contributed by atoms with Crippen LogP contribution in [-0.2, 0) is 8.37 Å². The first-order chi connectivity index (χ1) is 12.6. The third-order valence-corrected chi connectivity index (χ3v) is 5.44. The predicted molar refractivity (Wildman–Crippen MR) is 121 cm³/mol. The number of rotatable bonds is 14. The molecule has 0 atom stereocenters. The summed E-state index contributed by atoms with van der Waals surface area (Å²) in [7, 11) is 0. The fourth-order valence-electron chi connectivity index (χ4n) is 2.72. The zero-order valence-electron chi connectivity index (χ0n) is 16.3. The summed E-state index contributed by atoms with van der Waals surface area (Å²) in [6, 6.07) is 0. The summed E-state index contributed by atoms with van der Waals surface area (Å²) in [6.07, 6.45) is 16.7. The minimum Gasteiger partial charge on any atom is -0.396 e. The molecular formula is C20H35NO2S3. The molecule has 0 aromatic rings. The van der Waals surface area contributed by atoms with Gasteiger partial charge in [-0.25, -0.2) is 0 Å². The van der Waals surface area contributed by atoms with Gasteiger partial charge in [-0.05, 0) is 43.4 Å². The molecule has 6 heteroatoms. The van der Waals surface area contributed by atoms with E-state index in [1.165, 1.54) is 57.8 Å². The average Bonchev–Trinajstić information content (AvgIpc) is 2.62. The third kappa shape index (κ3) is 12.1. The maximum Gasteiger partial charge on any atom is 0.293 e. The van der Waals surface area contributed by atoms with Crippen LogP contribution in [0.25, 0.3) is 0 Å². The van der Waals surface area contributed by atoms with Gasteiger partial charge in [0, 0.05) is 24.7 Å². The highest BCUT2D eigenvalue weighted by atomic mass is 32.2. The molecule has 0 aromatic carbocycles. The van der Waals surface area contributed by atoms with Crippen molar-refractivity contribution in [1.82, 2.24) is 5.32 Å². The van der Waals surface area contributed by atoms with E-state index in [9.17, 15) is 0 Å². The predicted octanol–water partition coefficient (Wildman–Crippen LogP) is 6.97. The molecule has 0 saturated carbocycles. The lowest BCUT2D eigenvalue weighted by Gasteiger charge is -2.14. The first kappa shape index (κ1) is 23.7. The van der Waals surface area contributed by atoms with E-state index in [1.54, 1.807) is 0 Å². The van der Waals surface area contributed by atoms with Crippen LogP contribution in [0.1, 0.15) is 78.1 Å². The van der Waals surface area contributed by atoms with Crippen molar-refractivity contribution in [2.45, 2.75) is 78.1 Å². The molecule has 1 aliphatic rings. The van der Waals surface area contributed by atoms with Crippen molar-refractivity contribution < 1.29 is 8.37 Å². The smallest absolute Gasteiger partial charge is 0.293 e. The molecule has 1 aliphatic heterocycles. The average molecular weight is 418 g/mol. The van der Waals surface area contributed by atoms with Crippen LogP contribution in [0.4, 0.5) is 0 Å². The fourth-order valence-corrected chi connectivity index (χ4v) is 3.49. The molecule has 0 fully saturated rings. The van der Waals surface area contributed by atoms with Gasteiger partial charge in [0.1, 0.15) is 11.5 Å². The first-order valence-corrected chi connectivity index (χ1v) is 11.5. The number of allylic oxidation sites excluding steroid dienone is 4. The second-order valence-electron chi connectivity index (χ2n) is 6.70. The number of hydrogen-bond donors (Lipinski definition) is 3. The maximum absolute atomic E-state index is 5.39. The van der Waals surface area contributed by atoms with Crippen molar-refractivity contribution in [1.29, 1.82) is 0 Å². The lowest BCUT2D eigenvalue weighted by Crippen LogP contribution is -2.15. The Kier molecular flexibility index (Phi) is 14.3.